The van der Waals surface area contributed by atoms with Crippen molar-refractivity contribution in [2.45, 2.75) is 32.6 Å². The molecule has 146 valence electrons. The molecule has 1 aliphatic rings. The highest BCUT2D eigenvalue weighted by molar-refractivity contribution is 7.18. The number of nitrogens with zero attached hydrogens (tertiary/aromatic N) is 2. The van der Waals surface area contributed by atoms with Crippen LogP contribution >= 0.6 is 11.3 Å². The van der Waals surface area contributed by atoms with Crippen molar-refractivity contribution in [3.05, 3.63) is 53.5 Å². The van der Waals surface area contributed by atoms with Crippen molar-refractivity contribution in [2.75, 3.05) is 23.3 Å². The molecule has 0 bridgehead atoms. The number of benzene rings is 2. The molecule has 0 radical (unpaired) electrons. The molecule has 0 spiro atoms. The molecule has 1 aliphatic heterocycles. The summed E-state index contributed by atoms with van der Waals surface area (Å²) in [6.45, 7) is 6.15. The zero-order chi connectivity index (χ0) is 19.5. The lowest BCUT2D eigenvalue weighted by Crippen LogP contribution is -2.45. The molecule has 7 heteroatoms. The maximum Gasteiger partial charge on any atom is 0.319 e. The van der Waals surface area contributed by atoms with E-state index < -0.39 is 0 Å². The summed E-state index contributed by atoms with van der Waals surface area (Å²) >= 11 is 1.60. The first-order valence-electron chi connectivity index (χ1n) is 9.47. The summed E-state index contributed by atoms with van der Waals surface area (Å²) in [5.74, 6) is 0. The van der Waals surface area contributed by atoms with Crippen molar-refractivity contribution >= 4 is 39.0 Å². The van der Waals surface area contributed by atoms with Gasteiger partial charge in [-0.1, -0.05) is 24.3 Å². The molecule has 3 aromatic rings. The van der Waals surface area contributed by atoms with E-state index >= 15 is 0 Å². The highest BCUT2D eigenvalue weighted by Gasteiger charge is 2.24. The maximum atomic E-state index is 12.5. The smallest absolute Gasteiger partial charge is 0.319 e. The van der Waals surface area contributed by atoms with Gasteiger partial charge in [0.25, 0.3) is 0 Å². The van der Waals surface area contributed by atoms with Gasteiger partial charge in [0.2, 0.25) is 0 Å². The van der Waals surface area contributed by atoms with Crippen LogP contribution in [0.25, 0.3) is 10.2 Å². The first-order chi connectivity index (χ1) is 13.6. The number of nitrogens with one attached hydrogen (secondary N) is 2. The molecule has 1 fully saturated rings. The fourth-order valence-electron chi connectivity index (χ4n) is 3.55. The second-order valence-corrected chi connectivity index (χ2v) is 8.18. The number of hydrogen-bond acceptors (Lipinski definition) is 5. The lowest BCUT2D eigenvalue weighted by atomic mass is 10.1. The monoisotopic (exact) mass is 396 g/mol. The predicted molar refractivity (Wildman–Crippen MR) is 114 cm³/mol. The molecule has 4 rings (SSSR count). The third kappa shape index (κ3) is 4.26. The molecule has 28 heavy (non-hydrogen) atoms. The zero-order valence-electron chi connectivity index (χ0n) is 16.0. The van der Waals surface area contributed by atoms with Gasteiger partial charge >= 0.3 is 6.03 Å². The molecule has 2 N–H and O–H groups in total. The molecule has 0 saturated carbocycles. The second-order valence-electron chi connectivity index (χ2n) is 7.06. The molecule has 2 atom stereocenters. The summed E-state index contributed by atoms with van der Waals surface area (Å²) in [5, 5.41) is 6.79. The normalized spacial score (nSPS) is 19.6. The largest absolute Gasteiger partial charge is 0.372 e. The van der Waals surface area contributed by atoms with Gasteiger partial charge in [-0.05, 0) is 38.1 Å². The Hall–Kier alpha value is -2.64. The molecule has 2 amide bonds. The Morgan fingerprint density at radius 1 is 1.14 bits per heavy atom. The lowest BCUT2D eigenvalue weighted by Gasteiger charge is -2.37. The minimum Gasteiger partial charge on any atom is -0.372 e. The van der Waals surface area contributed by atoms with Crippen LogP contribution in [0.1, 0.15) is 18.9 Å². The average molecular weight is 397 g/mol. The minimum atomic E-state index is -0.235. The fraction of sp³-hybridized carbons (Fsp3) is 0.333. The van der Waals surface area contributed by atoms with Gasteiger partial charge in [0.15, 0.2) is 0 Å². The molecule has 2 heterocycles. The Balaban J connectivity index is 1.41. The SMILES string of the molecule is C[C@@H]1CN(c2ccccc2NC(=O)NCc2nc3ccccc3s2)C[C@@H](C)O1. The van der Waals surface area contributed by atoms with Crippen LogP contribution in [0.2, 0.25) is 0 Å². The lowest BCUT2D eigenvalue weighted by molar-refractivity contribution is -0.00517. The highest BCUT2D eigenvalue weighted by atomic mass is 32.1. The number of anilines is 2. The summed E-state index contributed by atoms with van der Waals surface area (Å²) in [7, 11) is 0. The van der Waals surface area contributed by atoms with Crippen molar-refractivity contribution in [1.29, 1.82) is 0 Å². The number of amides is 2. The number of carbonyl (C=O) groups excluding carboxylic acids is 1. The molecular formula is C21H24N4O2S. The van der Waals surface area contributed by atoms with E-state index in [1.807, 2.05) is 48.5 Å². The van der Waals surface area contributed by atoms with Gasteiger partial charge in [-0.3, -0.25) is 0 Å². The Morgan fingerprint density at radius 3 is 2.64 bits per heavy atom. The van der Waals surface area contributed by atoms with Gasteiger partial charge in [0.05, 0.1) is 40.3 Å². The number of para-hydroxylation sites is 3. The van der Waals surface area contributed by atoms with E-state index in [-0.39, 0.29) is 18.2 Å². The van der Waals surface area contributed by atoms with E-state index in [1.165, 1.54) is 0 Å². The number of morpholine rings is 1. The number of fused-ring (bicyclic) bond motifs is 1. The molecular weight excluding hydrogens is 372 g/mol. The Bertz CT molecular complexity index is 931. The van der Waals surface area contributed by atoms with Crippen molar-refractivity contribution in [3.63, 3.8) is 0 Å². The predicted octanol–water partition coefficient (Wildman–Crippen LogP) is 4.23. The molecule has 2 aromatic carbocycles. The van der Waals surface area contributed by atoms with Gasteiger partial charge in [0, 0.05) is 13.1 Å². The van der Waals surface area contributed by atoms with Crippen LogP contribution in [0, 0.1) is 0 Å². The van der Waals surface area contributed by atoms with Gasteiger partial charge < -0.3 is 20.3 Å². The first-order valence-corrected chi connectivity index (χ1v) is 10.3. The zero-order valence-corrected chi connectivity index (χ0v) is 16.8. The molecule has 0 aliphatic carbocycles. The first kappa shape index (κ1) is 18.7. The number of ether oxygens (including phenoxy) is 1. The van der Waals surface area contributed by atoms with Gasteiger partial charge in [-0.2, -0.15) is 0 Å². The van der Waals surface area contributed by atoms with Crippen molar-refractivity contribution < 1.29 is 9.53 Å². The topological polar surface area (TPSA) is 66.5 Å². The summed E-state index contributed by atoms with van der Waals surface area (Å²) in [6, 6.07) is 15.6. The molecule has 1 saturated heterocycles. The van der Waals surface area contributed by atoms with E-state index in [4.69, 9.17) is 4.74 Å². The third-order valence-electron chi connectivity index (χ3n) is 4.65. The van der Waals surface area contributed by atoms with Crippen molar-refractivity contribution in [3.8, 4) is 0 Å². The van der Waals surface area contributed by atoms with Crippen molar-refractivity contribution in [1.82, 2.24) is 10.3 Å². The van der Waals surface area contributed by atoms with Crippen LogP contribution in [0.4, 0.5) is 16.2 Å². The van der Waals surface area contributed by atoms with Gasteiger partial charge in [0.1, 0.15) is 5.01 Å². The average Bonchev–Trinajstić information content (AvgIpc) is 3.09. The van der Waals surface area contributed by atoms with Crippen LogP contribution in [0.3, 0.4) is 0 Å². The van der Waals surface area contributed by atoms with Crippen LogP contribution in [0.5, 0.6) is 0 Å². The fourth-order valence-corrected chi connectivity index (χ4v) is 4.45. The third-order valence-corrected chi connectivity index (χ3v) is 5.69. The standard InChI is InChI=1S/C21H24N4O2S/c1-14-12-25(13-15(2)27-14)18-9-5-3-7-16(18)24-21(26)22-11-20-23-17-8-4-6-10-19(17)28-20/h3-10,14-15H,11-13H2,1-2H3,(H2,22,24,26)/t14-,15-/m1/s1. The number of aromatic nitrogens is 1. The molecule has 1 aromatic heterocycles. The second kappa shape index (κ2) is 8.16. The van der Waals surface area contributed by atoms with Crippen molar-refractivity contribution in [2.24, 2.45) is 0 Å². The number of rotatable bonds is 4. The summed E-state index contributed by atoms with van der Waals surface area (Å²) in [5.41, 5.74) is 2.77. The quantitative estimate of drug-likeness (QED) is 0.693. The van der Waals surface area contributed by atoms with Gasteiger partial charge in [-0.15, -0.1) is 11.3 Å². The molecule has 6 nitrogen and oxygen atoms in total. The minimum absolute atomic E-state index is 0.157. The van der Waals surface area contributed by atoms with E-state index in [2.05, 4.69) is 34.4 Å². The number of hydrogen-bond donors (Lipinski definition) is 2. The van der Waals surface area contributed by atoms with E-state index in [0.29, 0.717) is 6.54 Å². The highest BCUT2D eigenvalue weighted by Crippen LogP contribution is 2.28. The van der Waals surface area contributed by atoms with E-state index in [9.17, 15) is 4.79 Å². The Labute approximate surface area is 168 Å². The summed E-state index contributed by atoms with van der Waals surface area (Å²) < 4.78 is 6.95. The van der Waals surface area contributed by atoms with Crippen LogP contribution < -0.4 is 15.5 Å². The van der Waals surface area contributed by atoms with E-state index in [1.54, 1.807) is 11.3 Å². The van der Waals surface area contributed by atoms with E-state index in [0.717, 1.165) is 39.7 Å². The maximum absolute atomic E-state index is 12.5. The summed E-state index contributed by atoms with van der Waals surface area (Å²) in [6.07, 6.45) is 0.314. The molecule has 0 unspecified atom stereocenters. The number of thiazole rings is 1. The number of carbonyl (C=O) groups is 1. The Morgan fingerprint density at radius 2 is 1.86 bits per heavy atom. The van der Waals surface area contributed by atoms with Crippen LogP contribution in [-0.2, 0) is 11.3 Å². The number of urea groups is 1. The van der Waals surface area contributed by atoms with Crippen LogP contribution in [0.15, 0.2) is 48.5 Å². The van der Waals surface area contributed by atoms with Gasteiger partial charge in [-0.25, -0.2) is 9.78 Å². The Kier molecular flexibility index (Phi) is 5.45. The van der Waals surface area contributed by atoms with Crippen LogP contribution in [-0.4, -0.2) is 36.3 Å². The summed E-state index contributed by atoms with van der Waals surface area (Å²) in [4.78, 5) is 19.3.